The lowest BCUT2D eigenvalue weighted by Crippen LogP contribution is -2.33. The summed E-state index contributed by atoms with van der Waals surface area (Å²) in [7, 11) is 0. The first-order chi connectivity index (χ1) is 9.87. The molecule has 1 nitrogen and oxygen atoms in total. The first-order valence-corrected chi connectivity index (χ1v) is 7.73. The molecule has 0 radical (unpaired) electrons. The molecule has 0 atom stereocenters. The second kappa shape index (κ2) is 5.47. The van der Waals surface area contributed by atoms with Crippen molar-refractivity contribution in [1.82, 2.24) is 0 Å². The Morgan fingerprint density at radius 2 is 1.59 bits per heavy atom. The summed E-state index contributed by atoms with van der Waals surface area (Å²) in [5, 5.41) is 0. The number of hydrogen-bond acceptors (Lipinski definition) is 1. The zero-order chi connectivity index (χ0) is 16.8. The average Bonchev–Trinajstić information content (AvgIpc) is 2.21. The molecule has 0 amide bonds. The Kier molecular flexibility index (Phi) is 4.27. The Morgan fingerprint density at radius 3 is 2.05 bits per heavy atom. The number of halogens is 3. The Labute approximate surface area is 130 Å². The van der Waals surface area contributed by atoms with Crippen molar-refractivity contribution in [3.05, 3.63) is 29.3 Å². The third-order valence-corrected chi connectivity index (χ3v) is 4.47. The van der Waals surface area contributed by atoms with E-state index >= 15 is 0 Å². The molecule has 0 aliphatic heterocycles. The van der Waals surface area contributed by atoms with E-state index in [1.54, 1.807) is 6.07 Å². The molecule has 1 fully saturated rings. The van der Waals surface area contributed by atoms with Gasteiger partial charge in [-0.3, -0.25) is 0 Å². The lowest BCUT2D eigenvalue weighted by atomic mass is 9.60. The van der Waals surface area contributed by atoms with Crippen LogP contribution in [0.25, 0.3) is 0 Å². The van der Waals surface area contributed by atoms with Gasteiger partial charge >= 0.3 is 6.36 Å². The second-order valence-electron chi connectivity index (χ2n) is 8.18. The molecule has 0 N–H and O–H groups in total. The minimum atomic E-state index is -4.64. The Hall–Kier alpha value is -1.19. The van der Waals surface area contributed by atoms with Crippen LogP contribution in [0.15, 0.2) is 18.2 Å². The van der Waals surface area contributed by atoms with Crippen molar-refractivity contribution in [3.63, 3.8) is 0 Å². The summed E-state index contributed by atoms with van der Waals surface area (Å²) < 4.78 is 40.9. The van der Waals surface area contributed by atoms with Gasteiger partial charge in [-0.05, 0) is 66.2 Å². The Morgan fingerprint density at radius 1 is 1.05 bits per heavy atom. The van der Waals surface area contributed by atoms with E-state index in [1.807, 2.05) is 6.92 Å². The molecule has 0 bridgehead atoms. The van der Waals surface area contributed by atoms with Crippen LogP contribution >= 0.6 is 0 Å². The van der Waals surface area contributed by atoms with Gasteiger partial charge in [-0.2, -0.15) is 0 Å². The Bertz CT molecular complexity index is 528. The van der Waals surface area contributed by atoms with E-state index in [2.05, 4.69) is 32.4 Å². The van der Waals surface area contributed by atoms with Gasteiger partial charge in [-0.1, -0.05) is 33.8 Å². The molecule has 124 valence electrons. The van der Waals surface area contributed by atoms with Gasteiger partial charge < -0.3 is 4.74 Å². The first-order valence-electron chi connectivity index (χ1n) is 7.73. The van der Waals surface area contributed by atoms with Crippen LogP contribution in [0, 0.1) is 17.8 Å². The maximum atomic E-state index is 12.3. The summed E-state index contributed by atoms with van der Waals surface area (Å²) >= 11 is 0. The van der Waals surface area contributed by atoms with Gasteiger partial charge in [0.1, 0.15) is 5.75 Å². The molecule has 1 aromatic rings. The molecular weight excluding hydrogens is 289 g/mol. The van der Waals surface area contributed by atoms with E-state index < -0.39 is 6.36 Å². The van der Waals surface area contributed by atoms with Gasteiger partial charge in [-0.25, -0.2) is 0 Å². The summed E-state index contributed by atoms with van der Waals surface area (Å²) in [6.45, 7) is 11.0. The largest absolute Gasteiger partial charge is 0.573 e. The maximum absolute atomic E-state index is 12.3. The van der Waals surface area contributed by atoms with E-state index in [-0.39, 0.29) is 16.6 Å². The highest BCUT2D eigenvalue weighted by molar-refractivity contribution is 5.37. The van der Waals surface area contributed by atoms with Crippen molar-refractivity contribution >= 4 is 0 Å². The fourth-order valence-electron chi connectivity index (χ4n) is 4.37. The molecule has 1 aliphatic carbocycles. The van der Waals surface area contributed by atoms with Crippen LogP contribution in [0.3, 0.4) is 0 Å². The van der Waals surface area contributed by atoms with Crippen molar-refractivity contribution in [2.75, 3.05) is 0 Å². The minimum absolute atomic E-state index is 0.136. The monoisotopic (exact) mass is 314 g/mol. The van der Waals surface area contributed by atoms with Crippen molar-refractivity contribution in [3.8, 4) is 5.75 Å². The minimum Gasteiger partial charge on any atom is -0.406 e. The van der Waals surface area contributed by atoms with Crippen LogP contribution < -0.4 is 4.74 Å². The van der Waals surface area contributed by atoms with Crippen molar-refractivity contribution < 1.29 is 17.9 Å². The molecule has 1 aromatic carbocycles. The molecule has 0 aromatic heterocycles. The fourth-order valence-corrected chi connectivity index (χ4v) is 4.37. The van der Waals surface area contributed by atoms with Crippen LogP contribution in [0.5, 0.6) is 5.75 Å². The van der Waals surface area contributed by atoms with Crippen LogP contribution in [0.1, 0.15) is 64.0 Å². The van der Waals surface area contributed by atoms with Crippen molar-refractivity contribution in [2.45, 2.75) is 66.2 Å². The van der Waals surface area contributed by atoms with Crippen LogP contribution in [-0.4, -0.2) is 6.36 Å². The number of rotatable bonds is 2. The lowest BCUT2D eigenvalue weighted by Gasteiger charge is -2.45. The highest BCUT2D eigenvalue weighted by Gasteiger charge is 2.39. The van der Waals surface area contributed by atoms with E-state index in [9.17, 15) is 13.2 Å². The maximum Gasteiger partial charge on any atom is 0.573 e. The molecule has 0 unspecified atom stereocenters. The highest BCUT2D eigenvalue weighted by atomic mass is 19.4. The average molecular weight is 314 g/mol. The molecule has 0 saturated heterocycles. The normalized spacial score (nSPS) is 21.6. The van der Waals surface area contributed by atoms with Crippen LogP contribution in [-0.2, 0) is 0 Å². The van der Waals surface area contributed by atoms with Crippen molar-refractivity contribution in [1.29, 1.82) is 0 Å². The fraction of sp³-hybridized carbons (Fsp3) is 0.667. The molecule has 22 heavy (non-hydrogen) atoms. The van der Waals surface area contributed by atoms with Gasteiger partial charge in [0.2, 0.25) is 0 Å². The van der Waals surface area contributed by atoms with E-state index in [0.29, 0.717) is 5.92 Å². The van der Waals surface area contributed by atoms with Crippen molar-refractivity contribution in [2.24, 2.45) is 10.8 Å². The third kappa shape index (κ3) is 4.40. The standard InChI is InChI=1S/C18H25F3O/c1-12-8-14(22-18(19,20)21)6-7-15(12)13-9-16(2,3)11-17(4,5)10-13/h6-8,13H,9-11H2,1-5H3. The summed E-state index contributed by atoms with van der Waals surface area (Å²) in [6.07, 6.45) is -1.33. The SMILES string of the molecule is Cc1cc(OC(F)(F)F)ccc1C1CC(C)(C)CC(C)(C)C1. The molecule has 2 rings (SSSR count). The number of benzene rings is 1. The highest BCUT2D eigenvalue weighted by Crippen LogP contribution is 2.52. The zero-order valence-corrected chi connectivity index (χ0v) is 14.0. The number of aryl methyl sites for hydroxylation is 1. The molecule has 0 spiro atoms. The molecule has 4 heteroatoms. The van der Waals surface area contributed by atoms with Crippen LogP contribution in [0.4, 0.5) is 13.2 Å². The number of ether oxygens (including phenoxy) is 1. The molecule has 1 aliphatic rings. The summed E-state index contributed by atoms with van der Waals surface area (Å²) in [6, 6.07) is 4.74. The van der Waals surface area contributed by atoms with Gasteiger partial charge in [0.25, 0.3) is 0 Å². The number of alkyl halides is 3. The lowest BCUT2D eigenvalue weighted by molar-refractivity contribution is -0.274. The third-order valence-electron chi connectivity index (χ3n) is 4.47. The van der Waals surface area contributed by atoms with E-state index in [4.69, 9.17) is 0 Å². The van der Waals surface area contributed by atoms with Gasteiger partial charge in [0.05, 0.1) is 0 Å². The zero-order valence-electron chi connectivity index (χ0n) is 14.0. The van der Waals surface area contributed by atoms with E-state index in [1.165, 1.54) is 18.6 Å². The predicted octanol–water partition coefficient (Wildman–Crippen LogP) is 6.21. The predicted molar refractivity (Wildman–Crippen MR) is 82.0 cm³/mol. The molecular formula is C18H25F3O. The topological polar surface area (TPSA) is 9.23 Å². The number of hydrogen-bond donors (Lipinski definition) is 0. The van der Waals surface area contributed by atoms with Gasteiger partial charge in [0, 0.05) is 0 Å². The Balaban J connectivity index is 2.25. The van der Waals surface area contributed by atoms with Crippen LogP contribution in [0.2, 0.25) is 0 Å². The summed E-state index contributed by atoms with van der Waals surface area (Å²) in [4.78, 5) is 0. The second-order valence-corrected chi connectivity index (χ2v) is 8.18. The smallest absolute Gasteiger partial charge is 0.406 e. The summed E-state index contributed by atoms with van der Waals surface area (Å²) in [5.41, 5.74) is 2.52. The molecule has 1 saturated carbocycles. The quantitative estimate of drug-likeness (QED) is 0.630. The van der Waals surface area contributed by atoms with E-state index in [0.717, 1.165) is 24.0 Å². The summed E-state index contributed by atoms with van der Waals surface area (Å²) in [5.74, 6) is 0.252. The first kappa shape index (κ1) is 17.2. The molecule has 0 heterocycles. The van der Waals surface area contributed by atoms with Gasteiger partial charge in [-0.15, -0.1) is 13.2 Å². The van der Waals surface area contributed by atoms with Gasteiger partial charge in [0.15, 0.2) is 0 Å².